The SMILES string of the molecule is CCCCn1c(C)nc(-c2cc(F)cc(F)c2)c1N. The van der Waals surface area contributed by atoms with Crippen molar-refractivity contribution >= 4 is 5.82 Å². The third kappa shape index (κ3) is 2.75. The van der Waals surface area contributed by atoms with Gasteiger partial charge in [-0.15, -0.1) is 0 Å². The summed E-state index contributed by atoms with van der Waals surface area (Å²) in [5.41, 5.74) is 6.84. The molecular formula is C14H17F2N3. The molecule has 0 atom stereocenters. The zero-order chi connectivity index (χ0) is 14.0. The van der Waals surface area contributed by atoms with Crippen LogP contribution in [-0.2, 0) is 6.54 Å². The Morgan fingerprint density at radius 3 is 2.42 bits per heavy atom. The number of imidazole rings is 1. The van der Waals surface area contributed by atoms with Crippen molar-refractivity contribution in [3.8, 4) is 11.3 Å². The highest BCUT2D eigenvalue weighted by atomic mass is 19.1. The maximum absolute atomic E-state index is 13.2. The minimum Gasteiger partial charge on any atom is -0.383 e. The lowest BCUT2D eigenvalue weighted by molar-refractivity contribution is 0.584. The minimum atomic E-state index is -0.629. The van der Waals surface area contributed by atoms with Crippen LogP contribution in [0.3, 0.4) is 0 Å². The van der Waals surface area contributed by atoms with Crippen LogP contribution in [-0.4, -0.2) is 9.55 Å². The predicted octanol–water partition coefficient (Wildman–Crippen LogP) is 3.52. The molecule has 1 aromatic heterocycles. The first-order chi connectivity index (χ1) is 9.02. The smallest absolute Gasteiger partial charge is 0.131 e. The quantitative estimate of drug-likeness (QED) is 0.919. The number of aryl methyl sites for hydroxylation is 1. The summed E-state index contributed by atoms with van der Waals surface area (Å²) in [6.45, 7) is 4.69. The molecule has 0 radical (unpaired) electrons. The molecule has 19 heavy (non-hydrogen) atoms. The first kappa shape index (κ1) is 13.5. The number of benzene rings is 1. The van der Waals surface area contributed by atoms with Crippen LogP contribution in [0.2, 0.25) is 0 Å². The van der Waals surface area contributed by atoms with Gasteiger partial charge in [0.1, 0.15) is 29.0 Å². The van der Waals surface area contributed by atoms with Crippen molar-refractivity contribution in [3.05, 3.63) is 35.7 Å². The van der Waals surface area contributed by atoms with Crippen LogP contribution in [0, 0.1) is 18.6 Å². The van der Waals surface area contributed by atoms with Gasteiger partial charge in [-0.05, 0) is 25.5 Å². The highest BCUT2D eigenvalue weighted by molar-refractivity contribution is 5.71. The Bertz CT molecular complexity index is 570. The fraction of sp³-hybridized carbons (Fsp3) is 0.357. The summed E-state index contributed by atoms with van der Waals surface area (Å²) in [4.78, 5) is 4.32. The second kappa shape index (κ2) is 5.38. The normalized spacial score (nSPS) is 10.9. The van der Waals surface area contributed by atoms with Gasteiger partial charge in [-0.25, -0.2) is 13.8 Å². The average molecular weight is 265 g/mol. The van der Waals surface area contributed by atoms with Gasteiger partial charge in [0.2, 0.25) is 0 Å². The maximum atomic E-state index is 13.2. The van der Waals surface area contributed by atoms with Crippen molar-refractivity contribution in [1.29, 1.82) is 0 Å². The fourth-order valence-electron chi connectivity index (χ4n) is 2.08. The lowest BCUT2D eigenvalue weighted by Gasteiger charge is -2.06. The van der Waals surface area contributed by atoms with E-state index in [-0.39, 0.29) is 0 Å². The van der Waals surface area contributed by atoms with Crippen LogP contribution in [0.25, 0.3) is 11.3 Å². The van der Waals surface area contributed by atoms with Gasteiger partial charge in [-0.1, -0.05) is 13.3 Å². The average Bonchev–Trinajstić information content (AvgIpc) is 2.61. The minimum absolute atomic E-state index is 0.369. The molecule has 0 fully saturated rings. The molecule has 0 amide bonds. The summed E-state index contributed by atoms with van der Waals surface area (Å²) in [6, 6.07) is 3.32. The Morgan fingerprint density at radius 2 is 1.84 bits per heavy atom. The van der Waals surface area contributed by atoms with Crippen molar-refractivity contribution in [2.24, 2.45) is 0 Å². The lowest BCUT2D eigenvalue weighted by atomic mass is 10.1. The number of nitrogens with two attached hydrogens (primary N) is 1. The van der Waals surface area contributed by atoms with Crippen LogP contribution in [0.4, 0.5) is 14.6 Å². The first-order valence-electron chi connectivity index (χ1n) is 6.32. The van der Waals surface area contributed by atoms with Gasteiger partial charge in [0, 0.05) is 18.2 Å². The van der Waals surface area contributed by atoms with E-state index in [1.54, 1.807) is 0 Å². The molecule has 2 rings (SSSR count). The monoisotopic (exact) mass is 265 g/mol. The van der Waals surface area contributed by atoms with E-state index in [1.807, 2.05) is 11.5 Å². The molecule has 0 saturated carbocycles. The van der Waals surface area contributed by atoms with E-state index in [9.17, 15) is 8.78 Å². The van der Waals surface area contributed by atoms with Gasteiger partial charge in [0.05, 0.1) is 0 Å². The Balaban J connectivity index is 2.45. The molecule has 1 aromatic carbocycles. The molecule has 3 nitrogen and oxygen atoms in total. The standard InChI is InChI=1S/C14H17F2N3/c1-3-4-5-19-9(2)18-13(14(19)17)10-6-11(15)8-12(16)7-10/h6-8H,3-5,17H2,1-2H3. The largest absolute Gasteiger partial charge is 0.383 e. The lowest BCUT2D eigenvalue weighted by Crippen LogP contribution is -2.05. The number of anilines is 1. The molecule has 102 valence electrons. The van der Waals surface area contributed by atoms with Crippen molar-refractivity contribution < 1.29 is 8.78 Å². The summed E-state index contributed by atoms with van der Waals surface area (Å²) in [6.07, 6.45) is 2.03. The Hall–Kier alpha value is -1.91. The molecule has 5 heteroatoms. The number of unbranched alkanes of at least 4 members (excludes halogenated alkanes) is 1. The second-order valence-corrected chi connectivity index (χ2v) is 4.56. The van der Waals surface area contributed by atoms with Crippen LogP contribution < -0.4 is 5.73 Å². The first-order valence-corrected chi connectivity index (χ1v) is 6.32. The maximum Gasteiger partial charge on any atom is 0.131 e. The zero-order valence-corrected chi connectivity index (χ0v) is 11.1. The highest BCUT2D eigenvalue weighted by Gasteiger charge is 2.14. The van der Waals surface area contributed by atoms with Gasteiger partial charge >= 0.3 is 0 Å². The van der Waals surface area contributed by atoms with Crippen molar-refractivity contribution in [2.75, 3.05) is 5.73 Å². The number of halogens is 2. The molecule has 0 aliphatic heterocycles. The second-order valence-electron chi connectivity index (χ2n) is 4.56. The van der Waals surface area contributed by atoms with Gasteiger partial charge in [-0.2, -0.15) is 0 Å². The number of aromatic nitrogens is 2. The molecule has 2 N–H and O–H groups in total. The molecule has 0 spiro atoms. The van der Waals surface area contributed by atoms with E-state index in [2.05, 4.69) is 11.9 Å². The summed E-state index contributed by atoms with van der Waals surface area (Å²) >= 11 is 0. The Morgan fingerprint density at radius 1 is 1.21 bits per heavy atom. The number of nitrogens with zero attached hydrogens (tertiary/aromatic N) is 2. The van der Waals surface area contributed by atoms with Crippen molar-refractivity contribution in [3.63, 3.8) is 0 Å². The van der Waals surface area contributed by atoms with E-state index >= 15 is 0 Å². The summed E-state index contributed by atoms with van der Waals surface area (Å²) in [5, 5.41) is 0. The molecule has 0 bridgehead atoms. The van der Waals surface area contributed by atoms with Gasteiger partial charge < -0.3 is 10.3 Å². The van der Waals surface area contributed by atoms with Gasteiger partial charge in [-0.3, -0.25) is 0 Å². The summed E-state index contributed by atoms with van der Waals surface area (Å²) in [5.74, 6) is -0.0492. The predicted molar refractivity (Wildman–Crippen MR) is 71.6 cm³/mol. The van der Waals surface area contributed by atoms with Gasteiger partial charge in [0.15, 0.2) is 0 Å². The topological polar surface area (TPSA) is 43.8 Å². The van der Waals surface area contributed by atoms with Crippen LogP contribution in [0.5, 0.6) is 0 Å². The van der Waals surface area contributed by atoms with Crippen LogP contribution in [0.15, 0.2) is 18.2 Å². The molecule has 0 saturated heterocycles. The van der Waals surface area contributed by atoms with Crippen molar-refractivity contribution in [1.82, 2.24) is 9.55 Å². The Kier molecular flexibility index (Phi) is 3.83. The third-order valence-electron chi connectivity index (χ3n) is 3.07. The Labute approximate surface area is 111 Å². The number of rotatable bonds is 4. The number of hydrogen-bond donors (Lipinski definition) is 1. The molecule has 1 heterocycles. The molecular weight excluding hydrogens is 248 g/mol. The fourth-order valence-corrected chi connectivity index (χ4v) is 2.08. The summed E-state index contributed by atoms with van der Waals surface area (Å²) in [7, 11) is 0. The molecule has 0 aliphatic carbocycles. The van der Waals surface area contributed by atoms with E-state index < -0.39 is 11.6 Å². The van der Waals surface area contributed by atoms with Crippen LogP contribution in [0.1, 0.15) is 25.6 Å². The van der Waals surface area contributed by atoms with E-state index in [0.29, 0.717) is 17.1 Å². The van der Waals surface area contributed by atoms with E-state index in [4.69, 9.17) is 5.73 Å². The summed E-state index contributed by atoms with van der Waals surface area (Å²) < 4.78 is 28.4. The number of hydrogen-bond acceptors (Lipinski definition) is 2. The van der Waals surface area contributed by atoms with Crippen LogP contribution >= 0.6 is 0 Å². The zero-order valence-electron chi connectivity index (χ0n) is 11.1. The van der Waals surface area contributed by atoms with E-state index in [1.165, 1.54) is 12.1 Å². The highest BCUT2D eigenvalue weighted by Crippen LogP contribution is 2.27. The molecule has 0 aliphatic rings. The number of nitrogen functional groups attached to an aromatic ring is 1. The third-order valence-corrected chi connectivity index (χ3v) is 3.07. The molecule has 2 aromatic rings. The van der Waals surface area contributed by atoms with E-state index in [0.717, 1.165) is 31.3 Å². The molecule has 0 unspecified atom stereocenters. The van der Waals surface area contributed by atoms with Crippen molar-refractivity contribution in [2.45, 2.75) is 33.2 Å². The van der Waals surface area contributed by atoms with Gasteiger partial charge in [0.25, 0.3) is 0 Å².